The molecule has 1 aromatic carbocycles. The highest BCUT2D eigenvalue weighted by molar-refractivity contribution is 5.68. The summed E-state index contributed by atoms with van der Waals surface area (Å²) in [6, 6.07) is 6.39. The molecule has 1 saturated heterocycles. The largest absolute Gasteiger partial charge is 0.493 e. The molecular weight excluding hydrogens is 403 g/mol. The number of carbonyl (C=O) groups excluding carboxylic acids is 1. The summed E-state index contributed by atoms with van der Waals surface area (Å²) < 4.78 is 53.2. The van der Waals surface area contributed by atoms with Crippen LogP contribution in [0.3, 0.4) is 0 Å². The minimum Gasteiger partial charge on any atom is -0.493 e. The van der Waals surface area contributed by atoms with E-state index in [2.05, 4.69) is 14.7 Å². The summed E-state index contributed by atoms with van der Waals surface area (Å²) in [6.45, 7) is 7.12. The molecule has 3 rings (SSSR count). The molecule has 0 aliphatic carbocycles. The predicted molar refractivity (Wildman–Crippen MR) is 101 cm³/mol. The quantitative estimate of drug-likeness (QED) is 0.699. The Morgan fingerprint density at radius 2 is 1.93 bits per heavy atom. The maximum absolute atomic E-state index is 12.6. The van der Waals surface area contributed by atoms with Crippen LogP contribution < -0.4 is 4.74 Å². The Labute approximate surface area is 172 Å². The van der Waals surface area contributed by atoms with Gasteiger partial charge in [0, 0.05) is 24.6 Å². The average molecular weight is 427 g/mol. The minimum atomic E-state index is -4.68. The number of piperidine rings is 1. The number of aromatic nitrogens is 2. The lowest BCUT2D eigenvalue weighted by molar-refractivity contribution is -0.159. The van der Waals surface area contributed by atoms with Gasteiger partial charge in [-0.05, 0) is 57.9 Å². The van der Waals surface area contributed by atoms with E-state index in [9.17, 15) is 18.0 Å². The van der Waals surface area contributed by atoms with Crippen LogP contribution in [0.4, 0.5) is 18.0 Å². The summed E-state index contributed by atoms with van der Waals surface area (Å²) >= 11 is 0. The van der Waals surface area contributed by atoms with Crippen LogP contribution in [0.5, 0.6) is 5.75 Å². The third-order valence-electron chi connectivity index (χ3n) is 4.44. The number of benzene rings is 1. The zero-order valence-electron chi connectivity index (χ0n) is 17.0. The van der Waals surface area contributed by atoms with E-state index in [4.69, 9.17) is 9.47 Å². The first-order valence-corrected chi connectivity index (χ1v) is 9.63. The molecule has 1 atom stereocenters. The Balaban J connectivity index is 1.53. The van der Waals surface area contributed by atoms with E-state index in [0.29, 0.717) is 31.0 Å². The van der Waals surface area contributed by atoms with E-state index >= 15 is 0 Å². The fraction of sp³-hybridized carbons (Fsp3) is 0.550. The Hall–Kier alpha value is -2.78. The maximum atomic E-state index is 12.6. The van der Waals surface area contributed by atoms with Gasteiger partial charge >= 0.3 is 18.2 Å². The summed E-state index contributed by atoms with van der Waals surface area (Å²) in [5.41, 5.74) is -0.155. The van der Waals surface area contributed by atoms with Gasteiger partial charge < -0.3 is 18.9 Å². The van der Waals surface area contributed by atoms with Crippen molar-refractivity contribution < 1.29 is 32.0 Å². The second kappa shape index (κ2) is 8.53. The van der Waals surface area contributed by atoms with Crippen LogP contribution in [-0.2, 0) is 10.9 Å². The van der Waals surface area contributed by atoms with Gasteiger partial charge in [0.15, 0.2) is 0 Å². The summed E-state index contributed by atoms with van der Waals surface area (Å²) in [6.07, 6.45) is -3.21. The number of nitrogens with zero attached hydrogens (tertiary/aromatic N) is 3. The summed E-state index contributed by atoms with van der Waals surface area (Å²) in [5, 5.41) is 3.36. The highest BCUT2D eigenvalue weighted by Gasteiger charge is 2.38. The van der Waals surface area contributed by atoms with Gasteiger partial charge in [0.05, 0.1) is 6.61 Å². The van der Waals surface area contributed by atoms with E-state index in [-0.39, 0.29) is 17.8 Å². The van der Waals surface area contributed by atoms with E-state index in [1.807, 2.05) is 20.8 Å². The Kier molecular flexibility index (Phi) is 6.23. The lowest BCUT2D eigenvalue weighted by Crippen LogP contribution is -2.44. The lowest BCUT2D eigenvalue weighted by Gasteiger charge is -2.34. The third-order valence-corrected chi connectivity index (χ3v) is 4.44. The highest BCUT2D eigenvalue weighted by atomic mass is 19.4. The van der Waals surface area contributed by atoms with Crippen molar-refractivity contribution in [1.82, 2.24) is 15.0 Å². The van der Waals surface area contributed by atoms with Gasteiger partial charge in [0.2, 0.25) is 5.82 Å². The van der Waals surface area contributed by atoms with Crippen molar-refractivity contribution >= 4 is 6.09 Å². The Morgan fingerprint density at radius 1 is 1.23 bits per heavy atom. The van der Waals surface area contributed by atoms with Crippen molar-refractivity contribution in [2.24, 2.45) is 5.92 Å². The van der Waals surface area contributed by atoms with Crippen LogP contribution in [0.2, 0.25) is 0 Å². The third kappa shape index (κ3) is 5.87. The van der Waals surface area contributed by atoms with Gasteiger partial charge in [-0.1, -0.05) is 5.16 Å². The number of ether oxygens (including phenoxy) is 2. The normalized spacial score (nSPS) is 17.7. The van der Waals surface area contributed by atoms with Crippen LogP contribution >= 0.6 is 0 Å². The zero-order valence-corrected chi connectivity index (χ0v) is 17.0. The van der Waals surface area contributed by atoms with Gasteiger partial charge in [0.1, 0.15) is 11.4 Å². The summed E-state index contributed by atoms with van der Waals surface area (Å²) in [5.74, 6) is -0.802. The van der Waals surface area contributed by atoms with Crippen LogP contribution in [0.25, 0.3) is 11.4 Å². The number of alkyl halides is 3. The molecule has 1 aliphatic heterocycles. The van der Waals surface area contributed by atoms with Crippen molar-refractivity contribution in [2.45, 2.75) is 45.4 Å². The predicted octanol–water partition coefficient (Wildman–Crippen LogP) is 4.78. The van der Waals surface area contributed by atoms with Gasteiger partial charge in [0.25, 0.3) is 0 Å². The lowest BCUT2D eigenvalue weighted by atomic mass is 9.99. The number of likely N-dealkylation sites (tertiary alicyclic amines) is 1. The molecule has 0 radical (unpaired) electrons. The Bertz CT molecular complexity index is 859. The molecule has 164 valence electrons. The smallest absolute Gasteiger partial charge is 0.471 e. The maximum Gasteiger partial charge on any atom is 0.471 e. The molecule has 0 spiro atoms. The zero-order chi connectivity index (χ0) is 21.9. The molecule has 1 amide bonds. The van der Waals surface area contributed by atoms with Crippen molar-refractivity contribution in [3.8, 4) is 17.1 Å². The van der Waals surface area contributed by atoms with Gasteiger partial charge in [-0.2, -0.15) is 18.2 Å². The van der Waals surface area contributed by atoms with Crippen LogP contribution in [-0.4, -0.2) is 46.4 Å². The molecule has 1 aromatic heterocycles. The molecule has 1 aliphatic rings. The van der Waals surface area contributed by atoms with Crippen molar-refractivity contribution in [1.29, 1.82) is 0 Å². The van der Waals surface area contributed by atoms with Gasteiger partial charge in [-0.15, -0.1) is 0 Å². The number of carbonyl (C=O) groups is 1. The van der Waals surface area contributed by atoms with Crippen LogP contribution in [0.1, 0.15) is 39.5 Å². The van der Waals surface area contributed by atoms with Gasteiger partial charge in [-0.25, -0.2) is 4.79 Å². The van der Waals surface area contributed by atoms with Crippen LogP contribution in [0, 0.1) is 5.92 Å². The molecule has 10 heteroatoms. The second-order valence-corrected chi connectivity index (χ2v) is 8.19. The molecule has 0 bridgehead atoms. The number of hydrogen-bond acceptors (Lipinski definition) is 6. The molecule has 0 saturated carbocycles. The van der Waals surface area contributed by atoms with E-state index in [1.165, 1.54) is 0 Å². The number of halogens is 3. The van der Waals surface area contributed by atoms with Gasteiger partial charge in [-0.3, -0.25) is 0 Å². The average Bonchev–Trinajstić information content (AvgIpc) is 3.16. The first kappa shape index (κ1) is 21.9. The summed E-state index contributed by atoms with van der Waals surface area (Å²) in [4.78, 5) is 17.3. The second-order valence-electron chi connectivity index (χ2n) is 8.19. The van der Waals surface area contributed by atoms with E-state index in [0.717, 1.165) is 12.8 Å². The molecule has 30 heavy (non-hydrogen) atoms. The first-order valence-electron chi connectivity index (χ1n) is 9.63. The molecule has 7 nitrogen and oxygen atoms in total. The summed E-state index contributed by atoms with van der Waals surface area (Å²) in [7, 11) is 0. The van der Waals surface area contributed by atoms with E-state index in [1.54, 1.807) is 29.2 Å². The van der Waals surface area contributed by atoms with E-state index < -0.39 is 17.7 Å². The first-order chi connectivity index (χ1) is 14.0. The molecule has 2 aromatic rings. The SMILES string of the molecule is CC(C)(C)OC(=O)N1CCC[C@H](COc2ccc(-c3noc(C(F)(F)F)n3)cc2)C1. The molecule has 0 unspecified atom stereocenters. The highest BCUT2D eigenvalue weighted by Crippen LogP contribution is 2.30. The van der Waals surface area contributed by atoms with Crippen LogP contribution in [0.15, 0.2) is 28.8 Å². The minimum absolute atomic E-state index is 0.144. The van der Waals surface area contributed by atoms with Crippen molar-refractivity contribution in [3.63, 3.8) is 0 Å². The molecular formula is C20H24F3N3O4. The topological polar surface area (TPSA) is 77.7 Å². The molecule has 1 fully saturated rings. The fourth-order valence-electron chi connectivity index (χ4n) is 3.06. The number of rotatable bonds is 4. The molecule has 2 heterocycles. The number of hydrogen-bond donors (Lipinski definition) is 0. The molecule has 0 N–H and O–H groups in total. The standard InChI is InChI=1S/C20H24F3N3O4/c1-19(2,3)29-18(27)26-10-4-5-13(11-26)12-28-15-8-6-14(7-9-15)16-24-17(30-25-16)20(21,22)23/h6-9,13H,4-5,10-12H2,1-3H3/t13-/m0/s1. The monoisotopic (exact) mass is 427 g/mol. The van der Waals surface area contributed by atoms with Crippen molar-refractivity contribution in [2.75, 3.05) is 19.7 Å². The fourth-order valence-corrected chi connectivity index (χ4v) is 3.06. The Morgan fingerprint density at radius 3 is 2.53 bits per heavy atom. The number of amides is 1. The van der Waals surface area contributed by atoms with Crippen molar-refractivity contribution in [3.05, 3.63) is 30.2 Å².